The minimum atomic E-state index is 0.0665. The number of hydrogen-bond acceptors (Lipinski definition) is 2. The molecular formula is C22H28N2O. The molecule has 25 heavy (non-hydrogen) atoms. The number of benzene rings is 2. The van der Waals surface area contributed by atoms with E-state index in [0.717, 1.165) is 49.3 Å². The van der Waals surface area contributed by atoms with Gasteiger partial charge in [-0.2, -0.15) is 0 Å². The quantitative estimate of drug-likeness (QED) is 0.894. The Morgan fingerprint density at radius 3 is 2.44 bits per heavy atom. The third kappa shape index (κ3) is 4.29. The number of likely N-dealkylation sites (tertiary alicyclic amines) is 1. The highest BCUT2D eigenvalue weighted by atomic mass is 16.1. The Morgan fingerprint density at radius 1 is 1.04 bits per heavy atom. The molecule has 1 fully saturated rings. The summed E-state index contributed by atoms with van der Waals surface area (Å²) in [7, 11) is 0. The Hall–Kier alpha value is -2.13. The average molecular weight is 336 g/mol. The summed E-state index contributed by atoms with van der Waals surface area (Å²) in [4.78, 5) is 15.2. The number of carbonyl (C=O) groups is 1. The van der Waals surface area contributed by atoms with E-state index in [9.17, 15) is 4.79 Å². The SMILES string of the molecule is Cc1ccccc1CN1CCCC(C(=O)Nc2c(C)cccc2C)C1. The lowest BCUT2D eigenvalue weighted by molar-refractivity contribution is -0.121. The van der Waals surface area contributed by atoms with E-state index >= 15 is 0 Å². The van der Waals surface area contributed by atoms with Crippen LogP contribution in [0, 0.1) is 26.7 Å². The molecule has 3 heteroatoms. The molecule has 0 aromatic heterocycles. The maximum absolute atomic E-state index is 12.8. The van der Waals surface area contributed by atoms with E-state index in [-0.39, 0.29) is 11.8 Å². The normalized spacial score (nSPS) is 18.1. The third-order valence-corrected chi connectivity index (χ3v) is 5.26. The maximum atomic E-state index is 12.8. The molecule has 1 saturated heterocycles. The zero-order chi connectivity index (χ0) is 17.8. The molecule has 1 aliphatic heterocycles. The number of nitrogens with zero attached hydrogens (tertiary/aromatic N) is 1. The minimum absolute atomic E-state index is 0.0665. The Morgan fingerprint density at radius 2 is 1.72 bits per heavy atom. The molecule has 0 radical (unpaired) electrons. The van der Waals surface area contributed by atoms with Crippen molar-refractivity contribution >= 4 is 11.6 Å². The molecule has 3 rings (SSSR count). The summed E-state index contributed by atoms with van der Waals surface area (Å²) >= 11 is 0. The van der Waals surface area contributed by atoms with E-state index in [1.54, 1.807) is 0 Å². The van der Waals surface area contributed by atoms with Crippen LogP contribution in [0.1, 0.15) is 35.1 Å². The van der Waals surface area contributed by atoms with Crippen molar-refractivity contribution in [3.05, 3.63) is 64.7 Å². The average Bonchev–Trinajstić information content (AvgIpc) is 2.60. The van der Waals surface area contributed by atoms with Crippen LogP contribution in [0.5, 0.6) is 0 Å². The second kappa shape index (κ2) is 7.83. The number of piperidine rings is 1. The highest BCUT2D eigenvalue weighted by Gasteiger charge is 2.26. The summed E-state index contributed by atoms with van der Waals surface area (Å²) in [6, 6.07) is 14.7. The van der Waals surface area contributed by atoms with Gasteiger partial charge in [-0.15, -0.1) is 0 Å². The van der Waals surface area contributed by atoms with Crippen LogP contribution < -0.4 is 5.32 Å². The Labute approximate surface area is 151 Å². The van der Waals surface area contributed by atoms with Gasteiger partial charge in [0.05, 0.1) is 5.92 Å². The van der Waals surface area contributed by atoms with Crippen molar-refractivity contribution < 1.29 is 4.79 Å². The van der Waals surface area contributed by atoms with Crippen molar-refractivity contribution in [2.75, 3.05) is 18.4 Å². The summed E-state index contributed by atoms with van der Waals surface area (Å²) in [5.41, 5.74) is 5.91. The van der Waals surface area contributed by atoms with E-state index < -0.39 is 0 Å². The van der Waals surface area contributed by atoms with E-state index in [2.05, 4.69) is 41.4 Å². The van der Waals surface area contributed by atoms with Gasteiger partial charge in [0.25, 0.3) is 0 Å². The van der Waals surface area contributed by atoms with Crippen LogP contribution in [-0.4, -0.2) is 23.9 Å². The molecule has 0 bridgehead atoms. The number of hydrogen-bond donors (Lipinski definition) is 1. The van der Waals surface area contributed by atoms with Gasteiger partial charge in [-0.25, -0.2) is 0 Å². The molecule has 1 aliphatic rings. The predicted octanol–water partition coefficient (Wildman–Crippen LogP) is 4.46. The van der Waals surface area contributed by atoms with Crippen LogP contribution in [0.15, 0.2) is 42.5 Å². The van der Waals surface area contributed by atoms with Gasteiger partial charge >= 0.3 is 0 Å². The van der Waals surface area contributed by atoms with E-state index in [0.29, 0.717) is 0 Å². The topological polar surface area (TPSA) is 32.3 Å². The van der Waals surface area contributed by atoms with Crippen LogP contribution >= 0.6 is 0 Å². The summed E-state index contributed by atoms with van der Waals surface area (Å²) in [6.45, 7) is 9.10. The van der Waals surface area contributed by atoms with Gasteiger partial charge in [-0.05, 0) is 62.4 Å². The fourth-order valence-corrected chi connectivity index (χ4v) is 3.68. The van der Waals surface area contributed by atoms with Crippen LogP contribution in [0.3, 0.4) is 0 Å². The molecule has 1 unspecified atom stereocenters. The summed E-state index contributed by atoms with van der Waals surface area (Å²) in [5.74, 6) is 0.226. The molecule has 1 N–H and O–H groups in total. The fourth-order valence-electron chi connectivity index (χ4n) is 3.68. The van der Waals surface area contributed by atoms with Crippen LogP contribution in [-0.2, 0) is 11.3 Å². The molecule has 0 aliphatic carbocycles. The van der Waals surface area contributed by atoms with Crippen LogP contribution in [0.25, 0.3) is 0 Å². The molecule has 1 atom stereocenters. The number of anilines is 1. The Kier molecular flexibility index (Phi) is 5.54. The van der Waals surface area contributed by atoms with Gasteiger partial charge in [0.15, 0.2) is 0 Å². The monoisotopic (exact) mass is 336 g/mol. The number of rotatable bonds is 4. The Balaban J connectivity index is 1.65. The first-order valence-corrected chi connectivity index (χ1v) is 9.18. The van der Waals surface area contributed by atoms with E-state index in [1.807, 2.05) is 32.0 Å². The lowest BCUT2D eigenvalue weighted by Crippen LogP contribution is -2.40. The highest BCUT2D eigenvalue weighted by molar-refractivity contribution is 5.94. The van der Waals surface area contributed by atoms with Crippen molar-refractivity contribution in [1.29, 1.82) is 0 Å². The third-order valence-electron chi connectivity index (χ3n) is 5.26. The van der Waals surface area contributed by atoms with Gasteiger partial charge in [0.2, 0.25) is 5.91 Å². The first kappa shape index (κ1) is 17.7. The van der Waals surface area contributed by atoms with Crippen molar-refractivity contribution in [2.45, 2.75) is 40.2 Å². The van der Waals surface area contributed by atoms with E-state index in [1.165, 1.54) is 11.1 Å². The molecule has 132 valence electrons. The maximum Gasteiger partial charge on any atom is 0.228 e. The number of nitrogens with one attached hydrogen (secondary N) is 1. The zero-order valence-corrected chi connectivity index (χ0v) is 15.5. The van der Waals surface area contributed by atoms with Crippen LogP contribution in [0.4, 0.5) is 5.69 Å². The lowest BCUT2D eigenvalue weighted by atomic mass is 9.95. The standard InChI is InChI=1S/C22H28N2O/c1-16-8-4-5-11-19(16)14-24-13-7-12-20(15-24)22(25)23-21-17(2)9-6-10-18(21)3/h4-6,8-11,20H,7,12-15H2,1-3H3,(H,23,25). The first-order chi connectivity index (χ1) is 12.0. The summed E-state index contributed by atoms with van der Waals surface area (Å²) < 4.78 is 0. The summed E-state index contributed by atoms with van der Waals surface area (Å²) in [6.07, 6.45) is 2.05. The molecule has 1 amide bonds. The molecule has 0 spiro atoms. The van der Waals surface area contributed by atoms with Gasteiger partial charge in [0.1, 0.15) is 0 Å². The highest BCUT2D eigenvalue weighted by Crippen LogP contribution is 2.24. The number of aryl methyl sites for hydroxylation is 3. The number of para-hydroxylation sites is 1. The van der Waals surface area contributed by atoms with Gasteiger partial charge in [0, 0.05) is 18.8 Å². The van der Waals surface area contributed by atoms with Crippen molar-refractivity contribution in [3.63, 3.8) is 0 Å². The summed E-state index contributed by atoms with van der Waals surface area (Å²) in [5, 5.41) is 3.18. The van der Waals surface area contributed by atoms with Crippen LogP contribution in [0.2, 0.25) is 0 Å². The Bertz CT molecular complexity index is 733. The first-order valence-electron chi connectivity index (χ1n) is 9.18. The molecule has 3 nitrogen and oxygen atoms in total. The fraction of sp³-hybridized carbons (Fsp3) is 0.409. The minimum Gasteiger partial charge on any atom is -0.325 e. The van der Waals surface area contributed by atoms with Crippen molar-refractivity contribution in [2.24, 2.45) is 5.92 Å². The molecule has 1 heterocycles. The zero-order valence-electron chi connectivity index (χ0n) is 15.5. The second-order valence-electron chi connectivity index (χ2n) is 7.26. The van der Waals surface area contributed by atoms with Gasteiger partial charge < -0.3 is 5.32 Å². The van der Waals surface area contributed by atoms with E-state index in [4.69, 9.17) is 0 Å². The van der Waals surface area contributed by atoms with Crippen molar-refractivity contribution in [3.8, 4) is 0 Å². The molecule has 2 aromatic rings. The van der Waals surface area contributed by atoms with Gasteiger partial charge in [-0.3, -0.25) is 9.69 Å². The second-order valence-corrected chi connectivity index (χ2v) is 7.26. The predicted molar refractivity (Wildman–Crippen MR) is 104 cm³/mol. The largest absolute Gasteiger partial charge is 0.325 e. The lowest BCUT2D eigenvalue weighted by Gasteiger charge is -2.32. The molecular weight excluding hydrogens is 308 g/mol. The van der Waals surface area contributed by atoms with Gasteiger partial charge in [-0.1, -0.05) is 42.5 Å². The smallest absolute Gasteiger partial charge is 0.228 e. The van der Waals surface area contributed by atoms with Crippen molar-refractivity contribution in [1.82, 2.24) is 4.90 Å². The molecule has 0 saturated carbocycles. The number of amides is 1. The number of carbonyl (C=O) groups excluding carboxylic acids is 1. The molecule has 2 aromatic carbocycles.